The third-order valence-electron chi connectivity index (χ3n) is 6.28. The Kier molecular flexibility index (Phi) is 4.07. The average molecular weight is 443 g/mol. The maximum atomic E-state index is 13.5. The van der Waals surface area contributed by atoms with E-state index in [1.807, 2.05) is 90.7 Å². The van der Waals surface area contributed by atoms with Crippen LogP contribution >= 0.6 is 11.3 Å². The van der Waals surface area contributed by atoms with Crippen molar-refractivity contribution in [2.45, 2.75) is 39.0 Å². The number of fused-ring (bicyclic) bond motifs is 6. The molecule has 32 heavy (non-hydrogen) atoms. The number of benzene rings is 2. The third-order valence-corrected chi connectivity index (χ3v) is 7.27. The Morgan fingerprint density at radius 3 is 2.69 bits per heavy atom. The SMILES string of the molecule is Cc1nn(-c2ccccc2)c(C)c1/C=c1\sc2n(c1=O)[C@@H]1C[C@@](C)(N=2)Oc2ccccc21. The van der Waals surface area contributed by atoms with Crippen LogP contribution in [0, 0.1) is 13.8 Å². The van der Waals surface area contributed by atoms with Crippen molar-refractivity contribution in [2.75, 3.05) is 0 Å². The molecule has 2 aromatic carbocycles. The quantitative estimate of drug-likeness (QED) is 0.479. The van der Waals surface area contributed by atoms with Crippen LogP contribution in [0.25, 0.3) is 11.8 Å². The topological polar surface area (TPSA) is 61.4 Å². The van der Waals surface area contributed by atoms with Crippen LogP contribution in [0.15, 0.2) is 64.4 Å². The lowest BCUT2D eigenvalue weighted by Crippen LogP contribution is -2.49. The molecule has 160 valence electrons. The molecule has 0 fully saturated rings. The lowest BCUT2D eigenvalue weighted by Gasteiger charge is -2.39. The average Bonchev–Trinajstić information content (AvgIpc) is 3.24. The minimum atomic E-state index is -0.655. The molecule has 6 rings (SSSR count). The van der Waals surface area contributed by atoms with Gasteiger partial charge in [0.1, 0.15) is 5.75 Å². The van der Waals surface area contributed by atoms with Crippen LogP contribution in [0.4, 0.5) is 0 Å². The van der Waals surface area contributed by atoms with Crippen molar-refractivity contribution in [2.24, 2.45) is 4.99 Å². The summed E-state index contributed by atoms with van der Waals surface area (Å²) in [7, 11) is 0. The van der Waals surface area contributed by atoms with Gasteiger partial charge in [-0.05, 0) is 45.0 Å². The lowest BCUT2D eigenvalue weighted by atomic mass is 9.93. The molecule has 0 radical (unpaired) electrons. The first-order chi connectivity index (χ1) is 15.4. The molecule has 0 saturated carbocycles. The normalized spacial score (nSPS) is 21.5. The zero-order valence-corrected chi connectivity index (χ0v) is 18.9. The molecular formula is C25H22N4O2S. The molecule has 0 unspecified atom stereocenters. The van der Waals surface area contributed by atoms with E-state index in [1.54, 1.807) is 0 Å². The second-order valence-electron chi connectivity index (χ2n) is 8.55. The zero-order chi connectivity index (χ0) is 22.0. The van der Waals surface area contributed by atoms with Gasteiger partial charge in [0.25, 0.3) is 5.56 Å². The highest BCUT2D eigenvalue weighted by Gasteiger charge is 2.42. The molecule has 2 aliphatic heterocycles. The molecule has 2 aliphatic rings. The molecule has 6 nitrogen and oxygen atoms in total. The Morgan fingerprint density at radius 1 is 1.12 bits per heavy atom. The Morgan fingerprint density at radius 2 is 1.88 bits per heavy atom. The van der Waals surface area contributed by atoms with E-state index < -0.39 is 5.72 Å². The summed E-state index contributed by atoms with van der Waals surface area (Å²) in [5, 5.41) is 4.72. The van der Waals surface area contributed by atoms with E-state index in [4.69, 9.17) is 14.8 Å². The Labute approximate surface area is 188 Å². The minimum Gasteiger partial charge on any atom is -0.466 e. The van der Waals surface area contributed by atoms with Gasteiger partial charge in [0.05, 0.1) is 22.0 Å². The lowest BCUT2D eigenvalue weighted by molar-refractivity contribution is 0.0410. The minimum absolute atomic E-state index is 0.0104. The molecule has 2 atom stereocenters. The fourth-order valence-corrected chi connectivity index (χ4v) is 5.86. The number of nitrogens with zero attached hydrogens (tertiary/aromatic N) is 4. The van der Waals surface area contributed by atoms with E-state index in [-0.39, 0.29) is 11.6 Å². The summed E-state index contributed by atoms with van der Waals surface area (Å²) in [6.45, 7) is 6.00. The molecule has 2 aromatic heterocycles. The highest BCUT2D eigenvalue weighted by molar-refractivity contribution is 7.07. The summed E-state index contributed by atoms with van der Waals surface area (Å²) in [6.07, 6.45) is 2.61. The van der Waals surface area contributed by atoms with E-state index in [1.165, 1.54) is 11.3 Å². The number of rotatable bonds is 2. The standard InChI is InChI=1S/C25H22N4O2S/c1-15-19(16(2)29(27-15)17-9-5-4-6-10-17)13-22-23(30)28-20-14-25(3,26-24(28)32-22)31-21-12-8-7-11-18(20)21/h4-13,20H,14H2,1-3H3/b22-13-/t20-,25+/m1/s1. The third kappa shape index (κ3) is 2.81. The van der Waals surface area contributed by atoms with E-state index in [9.17, 15) is 4.79 Å². The van der Waals surface area contributed by atoms with E-state index in [2.05, 4.69) is 0 Å². The number of aryl methyl sites for hydroxylation is 1. The molecule has 0 N–H and O–H groups in total. The van der Waals surface area contributed by atoms with Crippen molar-refractivity contribution in [1.29, 1.82) is 0 Å². The highest BCUT2D eigenvalue weighted by atomic mass is 32.1. The van der Waals surface area contributed by atoms with Crippen LogP contribution in [0.3, 0.4) is 0 Å². The van der Waals surface area contributed by atoms with Crippen molar-refractivity contribution < 1.29 is 4.74 Å². The first-order valence-corrected chi connectivity index (χ1v) is 11.5. The second kappa shape index (κ2) is 6.77. The summed E-state index contributed by atoms with van der Waals surface area (Å²) in [5.41, 5.74) is 4.23. The maximum Gasteiger partial charge on any atom is 0.270 e. The largest absolute Gasteiger partial charge is 0.466 e. The number of hydrogen-bond donors (Lipinski definition) is 0. The van der Waals surface area contributed by atoms with Gasteiger partial charge in [0.15, 0.2) is 4.80 Å². The van der Waals surface area contributed by atoms with Crippen molar-refractivity contribution in [1.82, 2.24) is 14.3 Å². The van der Waals surface area contributed by atoms with Gasteiger partial charge in [0.2, 0.25) is 5.72 Å². The molecule has 0 aliphatic carbocycles. The monoisotopic (exact) mass is 442 g/mol. The smallest absolute Gasteiger partial charge is 0.270 e. The van der Waals surface area contributed by atoms with Gasteiger partial charge >= 0.3 is 0 Å². The van der Waals surface area contributed by atoms with E-state index >= 15 is 0 Å². The predicted molar refractivity (Wildman–Crippen MR) is 124 cm³/mol. The van der Waals surface area contributed by atoms with Crippen LogP contribution in [0.5, 0.6) is 5.75 Å². The zero-order valence-electron chi connectivity index (χ0n) is 18.1. The van der Waals surface area contributed by atoms with Gasteiger partial charge in [0, 0.05) is 23.2 Å². The number of ether oxygens (including phenoxy) is 1. The van der Waals surface area contributed by atoms with Crippen LogP contribution in [-0.4, -0.2) is 20.1 Å². The summed E-state index contributed by atoms with van der Waals surface area (Å²) >= 11 is 1.42. The second-order valence-corrected chi connectivity index (χ2v) is 9.56. The van der Waals surface area contributed by atoms with Gasteiger partial charge in [-0.2, -0.15) is 5.10 Å². The number of thiazole rings is 1. The molecule has 2 bridgehead atoms. The molecule has 4 heterocycles. The summed E-state index contributed by atoms with van der Waals surface area (Å²) < 4.78 is 10.6. The molecule has 7 heteroatoms. The Balaban J connectivity index is 1.54. The number of aromatic nitrogens is 3. The Bertz CT molecular complexity index is 1550. The van der Waals surface area contributed by atoms with Crippen molar-refractivity contribution >= 4 is 17.4 Å². The van der Waals surface area contributed by atoms with Gasteiger partial charge < -0.3 is 4.74 Å². The van der Waals surface area contributed by atoms with Gasteiger partial charge in [-0.25, -0.2) is 9.67 Å². The number of para-hydroxylation sites is 2. The molecule has 0 amide bonds. The van der Waals surface area contributed by atoms with E-state index in [0.717, 1.165) is 34.0 Å². The summed E-state index contributed by atoms with van der Waals surface area (Å²) in [5.74, 6) is 0.806. The van der Waals surface area contributed by atoms with Crippen LogP contribution in [-0.2, 0) is 0 Å². The van der Waals surface area contributed by atoms with Crippen LogP contribution in [0.1, 0.15) is 41.9 Å². The van der Waals surface area contributed by atoms with Crippen molar-refractivity contribution in [3.8, 4) is 11.4 Å². The van der Waals surface area contributed by atoms with Gasteiger partial charge in [-0.15, -0.1) is 0 Å². The number of hydrogen-bond acceptors (Lipinski definition) is 5. The molecular weight excluding hydrogens is 420 g/mol. The highest BCUT2D eigenvalue weighted by Crippen LogP contribution is 2.42. The van der Waals surface area contributed by atoms with E-state index in [0.29, 0.717) is 15.8 Å². The predicted octanol–water partition coefficient (Wildman–Crippen LogP) is 3.26. The van der Waals surface area contributed by atoms with Crippen molar-refractivity contribution in [3.63, 3.8) is 0 Å². The van der Waals surface area contributed by atoms with Crippen LogP contribution < -0.4 is 19.6 Å². The van der Waals surface area contributed by atoms with Crippen LogP contribution in [0.2, 0.25) is 0 Å². The molecule has 0 spiro atoms. The fourth-order valence-electron chi connectivity index (χ4n) is 4.75. The maximum absolute atomic E-state index is 13.5. The summed E-state index contributed by atoms with van der Waals surface area (Å²) in [4.78, 5) is 19.1. The van der Waals surface area contributed by atoms with Crippen molar-refractivity contribution in [3.05, 3.63) is 96.8 Å². The van der Waals surface area contributed by atoms with Gasteiger partial charge in [-0.3, -0.25) is 9.36 Å². The first-order valence-electron chi connectivity index (χ1n) is 10.7. The fraction of sp³-hybridized carbons (Fsp3) is 0.240. The molecule has 0 saturated heterocycles. The summed E-state index contributed by atoms with van der Waals surface area (Å²) in [6, 6.07) is 17.9. The first kappa shape index (κ1) is 19.3. The Hall–Kier alpha value is -3.45. The van der Waals surface area contributed by atoms with Gasteiger partial charge in [-0.1, -0.05) is 47.7 Å². The molecule has 4 aromatic rings.